The first-order valence-electron chi connectivity index (χ1n) is 5.71. The number of hydrogen-bond donors (Lipinski definition) is 2. The first-order valence-corrected chi connectivity index (χ1v) is 5.71. The molecule has 0 aromatic heterocycles. The van der Waals surface area contributed by atoms with Crippen LogP contribution < -0.4 is 5.32 Å². The minimum absolute atomic E-state index is 0.0491. The summed E-state index contributed by atoms with van der Waals surface area (Å²) < 4.78 is 0. The van der Waals surface area contributed by atoms with E-state index in [1.165, 1.54) is 0 Å². The average molecular weight is 229 g/mol. The second-order valence-electron chi connectivity index (χ2n) is 4.33. The van der Waals surface area contributed by atoms with Crippen molar-refractivity contribution >= 4 is 5.91 Å². The highest BCUT2D eigenvalue weighted by molar-refractivity contribution is 5.94. The Balaban J connectivity index is 2.07. The molecule has 0 radical (unpaired) electrons. The van der Waals surface area contributed by atoms with Crippen molar-refractivity contribution < 1.29 is 9.90 Å². The minimum Gasteiger partial charge on any atom is -0.384 e. The van der Waals surface area contributed by atoms with E-state index in [2.05, 4.69) is 24.1 Å². The molecule has 1 aliphatic rings. The number of carbonyl (C=O) groups is 1. The number of amides is 1. The maximum atomic E-state index is 11.9. The van der Waals surface area contributed by atoms with Crippen LogP contribution in [0.25, 0.3) is 0 Å². The summed E-state index contributed by atoms with van der Waals surface area (Å²) in [6.45, 7) is 1.95. The third-order valence-electron chi connectivity index (χ3n) is 2.86. The monoisotopic (exact) mass is 229 g/mol. The molecule has 2 rings (SSSR count). The van der Waals surface area contributed by atoms with Crippen LogP contribution in [0.2, 0.25) is 0 Å². The molecule has 1 amide bonds. The molecule has 0 aliphatic heterocycles. The maximum Gasteiger partial charge on any atom is 0.251 e. The third-order valence-corrected chi connectivity index (χ3v) is 2.86. The molecule has 3 nitrogen and oxygen atoms in total. The number of aliphatic hydroxyl groups excluding tert-OH is 1. The van der Waals surface area contributed by atoms with Crippen molar-refractivity contribution in [2.75, 3.05) is 6.61 Å². The van der Waals surface area contributed by atoms with Crippen LogP contribution in [0.3, 0.4) is 0 Å². The van der Waals surface area contributed by atoms with E-state index in [-0.39, 0.29) is 12.5 Å². The van der Waals surface area contributed by atoms with Gasteiger partial charge >= 0.3 is 0 Å². The van der Waals surface area contributed by atoms with Gasteiger partial charge < -0.3 is 10.4 Å². The summed E-state index contributed by atoms with van der Waals surface area (Å²) in [5, 5.41) is 11.6. The number of benzene rings is 1. The molecule has 2 atom stereocenters. The SMILES string of the molecule is CC1CC1NC(=O)c1cccc(C#CCO)c1. The quantitative estimate of drug-likeness (QED) is 0.748. The first-order chi connectivity index (χ1) is 8.20. The van der Waals surface area contributed by atoms with E-state index in [0.29, 0.717) is 17.5 Å². The highest BCUT2D eigenvalue weighted by Gasteiger charge is 2.33. The Morgan fingerprint density at radius 3 is 3.00 bits per heavy atom. The van der Waals surface area contributed by atoms with E-state index in [9.17, 15) is 4.79 Å². The topological polar surface area (TPSA) is 49.3 Å². The lowest BCUT2D eigenvalue weighted by Crippen LogP contribution is -2.26. The Labute approximate surface area is 101 Å². The van der Waals surface area contributed by atoms with Crippen LogP contribution >= 0.6 is 0 Å². The highest BCUT2D eigenvalue weighted by Crippen LogP contribution is 2.29. The van der Waals surface area contributed by atoms with Crippen molar-refractivity contribution in [2.45, 2.75) is 19.4 Å². The van der Waals surface area contributed by atoms with Gasteiger partial charge in [0.1, 0.15) is 6.61 Å². The smallest absolute Gasteiger partial charge is 0.251 e. The van der Waals surface area contributed by atoms with Gasteiger partial charge in [0.15, 0.2) is 0 Å². The van der Waals surface area contributed by atoms with E-state index >= 15 is 0 Å². The van der Waals surface area contributed by atoms with E-state index in [4.69, 9.17) is 5.11 Å². The molecule has 0 saturated heterocycles. The standard InChI is InChI=1S/C14H15NO2/c1-10-8-13(10)15-14(17)12-6-2-4-11(9-12)5-3-7-16/h2,4,6,9-10,13,16H,7-8H2,1H3,(H,15,17). The van der Waals surface area contributed by atoms with Crippen LogP contribution in [-0.2, 0) is 0 Å². The first kappa shape index (κ1) is 11.7. The van der Waals surface area contributed by atoms with Gasteiger partial charge in [-0.2, -0.15) is 0 Å². The van der Waals surface area contributed by atoms with Gasteiger partial charge in [0.2, 0.25) is 0 Å². The molecular formula is C14H15NO2. The summed E-state index contributed by atoms with van der Waals surface area (Å²) in [6.07, 6.45) is 1.07. The van der Waals surface area contributed by atoms with E-state index in [1.807, 2.05) is 6.07 Å². The summed E-state index contributed by atoms with van der Waals surface area (Å²) in [6, 6.07) is 7.46. The second kappa shape index (κ2) is 5.03. The Morgan fingerprint density at radius 2 is 2.35 bits per heavy atom. The predicted molar refractivity (Wildman–Crippen MR) is 65.4 cm³/mol. The van der Waals surface area contributed by atoms with Crippen molar-refractivity contribution in [2.24, 2.45) is 5.92 Å². The van der Waals surface area contributed by atoms with Gasteiger partial charge in [0, 0.05) is 17.2 Å². The van der Waals surface area contributed by atoms with Crippen LogP contribution in [0.4, 0.5) is 0 Å². The summed E-state index contributed by atoms with van der Waals surface area (Å²) in [4.78, 5) is 11.9. The number of carbonyl (C=O) groups excluding carboxylic acids is 1. The lowest BCUT2D eigenvalue weighted by molar-refractivity contribution is 0.0949. The van der Waals surface area contributed by atoms with Crippen molar-refractivity contribution in [3.05, 3.63) is 35.4 Å². The maximum absolute atomic E-state index is 11.9. The van der Waals surface area contributed by atoms with Crippen molar-refractivity contribution in [3.8, 4) is 11.8 Å². The average Bonchev–Trinajstić information content (AvgIpc) is 3.02. The summed E-state index contributed by atoms with van der Waals surface area (Å²) in [5.74, 6) is 5.90. The van der Waals surface area contributed by atoms with Crippen LogP contribution in [-0.4, -0.2) is 23.7 Å². The number of nitrogens with one attached hydrogen (secondary N) is 1. The van der Waals surface area contributed by atoms with Gasteiger partial charge in [0.25, 0.3) is 5.91 Å². The van der Waals surface area contributed by atoms with Crippen LogP contribution in [0, 0.1) is 17.8 Å². The molecule has 17 heavy (non-hydrogen) atoms. The van der Waals surface area contributed by atoms with Gasteiger partial charge in [-0.1, -0.05) is 24.8 Å². The van der Waals surface area contributed by atoms with E-state index in [0.717, 1.165) is 12.0 Å². The van der Waals surface area contributed by atoms with Crippen LogP contribution in [0.5, 0.6) is 0 Å². The molecule has 2 N–H and O–H groups in total. The minimum atomic E-state index is -0.171. The molecule has 2 unspecified atom stereocenters. The zero-order chi connectivity index (χ0) is 12.3. The number of rotatable bonds is 2. The van der Waals surface area contributed by atoms with Crippen LogP contribution in [0.15, 0.2) is 24.3 Å². The molecule has 0 spiro atoms. The Bertz CT molecular complexity index is 484. The summed E-state index contributed by atoms with van der Waals surface area (Å²) in [7, 11) is 0. The normalized spacial score (nSPS) is 21.3. The van der Waals surface area contributed by atoms with Crippen molar-refractivity contribution in [1.29, 1.82) is 0 Å². The molecule has 0 heterocycles. The van der Waals surface area contributed by atoms with Crippen molar-refractivity contribution in [3.63, 3.8) is 0 Å². The lowest BCUT2D eigenvalue weighted by atomic mass is 10.1. The summed E-state index contributed by atoms with van der Waals surface area (Å²) in [5.41, 5.74) is 1.37. The van der Waals surface area contributed by atoms with E-state index < -0.39 is 0 Å². The molecule has 1 aromatic rings. The number of hydrogen-bond acceptors (Lipinski definition) is 2. The zero-order valence-corrected chi connectivity index (χ0v) is 9.73. The number of aliphatic hydroxyl groups is 1. The van der Waals surface area contributed by atoms with Gasteiger partial charge in [0.05, 0.1) is 0 Å². The Morgan fingerprint density at radius 1 is 1.59 bits per heavy atom. The third kappa shape index (κ3) is 3.08. The van der Waals surface area contributed by atoms with E-state index in [1.54, 1.807) is 18.2 Å². The Kier molecular flexibility index (Phi) is 3.46. The van der Waals surface area contributed by atoms with Crippen LogP contribution in [0.1, 0.15) is 29.3 Å². The molecule has 88 valence electrons. The fraction of sp³-hybridized carbons (Fsp3) is 0.357. The van der Waals surface area contributed by atoms with Gasteiger partial charge in [-0.25, -0.2) is 0 Å². The van der Waals surface area contributed by atoms with Gasteiger partial charge in [-0.15, -0.1) is 0 Å². The Hall–Kier alpha value is -1.79. The molecule has 1 aromatic carbocycles. The fourth-order valence-electron chi connectivity index (χ4n) is 1.65. The van der Waals surface area contributed by atoms with Gasteiger partial charge in [-0.3, -0.25) is 4.79 Å². The molecule has 0 bridgehead atoms. The predicted octanol–water partition coefficient (Wildman–Crippen LogP) is 1.17. The molecule has 1 saturated carbocycles. The van der Waals surface area contributed by atoms with Crippen molar-refractivity contribution in [1.82, 2.24) is 5.32 Å². The molecular weight excluding hydrogens is 214 g/mol. The molecule has 1 aliphatic carbocycles. The molecule has 3 heteroatoms. The lowest BCUT2D eigenvalue weighted by Gasteiger charge is -2.03. The summed E-state index contributed by atoms with van der Waals surface area (Å²) >= 11 is 0. The zero-order valence-electron chi connectivity index (χ0n) is 9.73. The molecule has 1 fully saturated rings. The fourth-order valence-corrected chi connectivity index (χ4v) is 1.65. The largest absolute Gasteiger partial charge is 0.384 e. The highest BCUT2D eigenvalue weighted by atomic mass is 16.2. The van der Waals surface area contributed by atoms with Gasteiger partial charge in [-0.05, 0) is 30.5 Å². The second-order valence-corrected chi connectivity index (χ2v) is 4.33.